The molecule has 0 aliphatic heterocycles. The normalized spacial score (nSPS) is 12.5. The summed E-state index contributed by atoms with van der Waals surface area (Å²) >= 11 is 0. The van der Waals surface area contributed by atoms with E-state index in [4.69, 9.17) is 9.47 Å². The Bertz CT molecular complexity index is 397. The van der Waals surface area contributed by atoms with Crippen molar-refractivity contribution in [3.8, 4) is 5.88 Å². The minimum Gasteiger partial charge on any atom is -0.476 e. The summed E-state index contributed by atoms with van der Waals surface area (Å²) in [4.78, 5) is 8.59. The van der Waals surface area contributed by atoms with E-state index >= 15 is 0 Å². The van der Waals surface area contributed by atoms with Gasteiger partial charge in [0.2, 0.25) is 5.88 Å². The molecule has 1 aromatic rings. The smallest absolute Gasteiger partial charge is 0.232 e. The van der Waals surface area contributed by atoms with Gasteiger partial charge in [-0.1, -0.05) is 0 Å². The molecule has 0 amide bonds. The van der Waals surface area contributed by atoms with Gasteiger partial charge in [0.1, 0.15) is 0 Å². The Kier molecular flexibility index (Phi) is 5.89. The van der Waals surface area contributed by atoms with Gasteiger partial charge >= 0.3 is 0 Å². The molecule has 1 heterocycles. The van der Waals surface area contributed by atoms with E-state index in [9.17, 15) is 0 Å². The highest BCUT2D eigenvalue weighted by atomic mass is 16.5. The fraction of sp³-hybridized carbons (Fsp3) is 0.733. The summed E-state index contributed by atoms with van der Waals surface area (Å²) in [5.74, 6) is 0.552. The van der Waals surface area contributed by atoms with E-state index in [-0.39, 0.29) is 11.1 Å². The molecule has 20 heavy (non-hydrogen) atoms. The van der Waals surface area contributed by atoms with E-state index < -0.39 is 0 Å². The lowest BCUT2D eigenvalue weighted by Gasteiger charge is -2.22. The van der Waals surface area contributed by atoms with Gasteiger partial charge in [-0.15, -0.1) is 0 Å². The second-order valence-electron chi connectivity index (χ2n) is 6.51. The van der Waals surface area contributed by atoms with Gasteiger partial charge in [0.15, 0.2) is 0 Å². The first-order valence-electron chi connectivity index (χ1n) is 6.96. The average molecular weight is 281 g/mol. The van der Waals surface area contributed by atoms with Crippen LogP contribution < -0.4 is 10.1 Å². The second kappa shape index (κ2) is 6.99. The minimum atomic E-state index is -0.177. The first kappa shape index (κ1) is 16.9. The molecule has 114 valence electrons. The fourth-order valence-corrected chi connectivity index (χ4v) is 1.37. The number of nitrogens with one attached hydrogen (secondary N) is 1. The number of hydrogen-bond acceptors (Lipinski definition) is 5. The van der Waals surface area contributed by atoms with Crippen LogP contribution in [-0.2, 0) is 11.3 Å². The van der Waals surface area contributed by atoms with Crippen LogP contribution in [-0.4, -0.2) is 34.8 Å². The summed E-state index contributed by atoms with van der Waals surface area (Å²) < 4.78 is 10.9. The minimum absolute atomic E-state index is 0.0720. The Morgan fingerprint density at radius 2 is 1.80 bits per heavy atom. The third-order valence-corrected chi connectivity index (χ3v) is 2.99. The van der Waals surface area contributed by atoms with Crippen LogP contribution in [0.4, 0.5) is 0 Å². The first-order valence-corrected chi connectivity index (χ1v) is 6.96. The van der Waals surface area contributed by atoms with Crippen molar-refractivity contribution in [2.45, 2.75) is 58.7 Å². The summed E-state index contributed by atoms with van der Waals surface area (Å²) in [5.41, 5.74) is 0.802. The van der Waals surface area contributed by atoms with E-state index in [1.165, 1.54) is 0 Å². The van der Waals surface area contributed by atoms with E-state index in [0.717, 1.165) is 12.1 Å². The Balaban J connectivity index is 2.39. The van der Waals surface area contributed by atoms with Crippen molar-refractivity contribution in [1.29, 1.82) is 0 Å². The molecule has 0 aliphatic carbocycles. The largest absolute Gasteiger partial charge is 0.476 e. The van der Waals surface area contributed by atoms with Crippen molar-refractivity contribution in [2.24, 2.45) is 0 Å². The Morgan fingerprint density at radius 3 is 2.30 bits per heavy atom. The maximum Gasteiger partial charge on any atom is 0.232 e. The number of hydrogen-bond donors (Lipinski definition) is 1. The highest BCUT2D eigenvalue weighted by Crippen LogP contribution is 2.14. The van der Waals surface area contributed by atoms with Gasteiger partial charge in [-0.3, -0.25) is 4.98 Å². The molecule has 0 aromatic carbocycles. The molecule has 1 N–H and O–H groups in total. The maximum absolute atomic E-state index is 5.57. The van der Waals surface area contributed by atoms with Crippen molar-refractivity contribution in [3.05, 3.63) is 18.1 Å². The zero-order valence-electron chi connectivity index (χ0n) is 13.5. The van der Waals surface area contributed by atoms with Crippen LogP contribution >= 0.6 is 0 Å². The number of ether oxygens (including phenoxy) is 2. The molecule has 0 radical (unpaired) electrons. The lowest BCUT2D eigenvalue weighted by Crippen LogP contribution is -2.35. The van der Waals surface area contributed by atoms with Crippen LogP contribution in [0.5, 0.6) is 5.88 Å². The van der Waals surface area contributed by atoms with Gasteiger partial charge in [-0.2, -0.15) is 0 Å². The molecule has 5 nitrogen and oxygen atoms in total. The summed E-state index contributed by atoms with van der Waals surface area (Å²) in [5, 5.41) is 3.37. The monoisotopic (exact) mass is 281 g/mol. The predicted molar refractivity (Wildman–Crippen MR) is 79.8 cm³/mol. The fourth-order valence-electron chi connectivity index (χ4n) is 1.37. The topological polar surface area (TPSA) is 56.3 Å². The van der Waals surface area contributed by atoms with Crippen molar-refractivity contribution in [2.75, 3.05) is 13.7 Å². The number of methoxy groups -OCH3 is 1. The summed E-state index contributed by atoms with van der Waals surface area (Å²) in [6.45, 7) is 11.7. The molecular formula is C15H27N3O2. The quantitative estimate of drug-likeness (QED) is 0.832. The molecule has 0 aliphatic rings. The van der Waals surface area contributed by atoms with Gasteiger partial charge in [-0.05, 0) is 34.6 Å². The van der Waals surface area contributed by atoms with Gasteiger partial charge in [-0.25, -0.2) is 4.98 Å². The van der Waals surface area contributed by atoms with Crippen LogP contribution in [0, 0.1) is 0 Å². The zero-order chi connectivity index (χ0) is 15.2. The van der Waals surface area contributed by atoms with E-state index in [1.807, 2.05) is 13.8 Å². The highest BCUT2D eigenvalue weighted by molar-refractivity contribution is 5.07. The molecule has 0 unspecified atom stereocenters. The lowest BCUT2D eigenvalue weighted by molar-refractivity contribution is 0.00504. The predicted octanol–water partition coefficient (Wildman–Crippen LogP) is 2.56. The maximum atomic E-state index is 5.57. The van der Waals surface area contributed by atoms with E-state index in [2.05, 4.69) is 36.1 Å². The summed E-state index contributed by atoms with van der Waals surface area (Å²) in [6.07, 6.45) is 4.22. The van der Waals surface area contributed by atoms with Crippen molar-refractivity contribution in [1.82, 2.24) is 15.3 Å². The molecular weight excluding hydrogens is 254 g/mol. The molecule has 1 rings (SSSR count). The van der Waals surface area contributed by atoms with Crippen molar-refractivity contribution in [3.63, 3.8) is 0 Å². The van der Waals surface area contributed by atoms with Crippen LogP contribution in [0.1, 0.15) is 46.7 Å². The third-order valence-electron chi connectivity index (χ3n) is 2.99. The number of nitrogens with zero attached hydrogens (tertiary/aromatic N) is 2. The third kappa shape index (κ3) is 6.82. The van der Waals surface area contributed by atoms with Gasteiger partial charge in [0.25, 0.3) is 0 Å². The van der Waals surface area contributed by atoms with Crippen molar-refractivity contribution < 1.29 is 9.47 Å². The summed E-state index contributed by atoms with van der Waals surface area (Å²) in [6, 6.07) is 0. The average Bonchev–Trinajstić information content (AvgIpc) is 2.37. The standard InChI is InChI=1S/C15H27N3O2/c1-14(2,3)18-10-12-9-17-13(11-16-12)20-8-7-15(4,5)19-6/h9,11,18H,7-8,10H2,1-6H3. The van der Waals surface area contributed by atoms with Gasteiger partial charge in [0.05, 0.1) is 30.3 Å². The van der Waals surface area contributed by atoms with Crippen LogP contribution in [0.3, 0.4) is 0 Å². The Hall–Kier alpha value is -1.20. The summed E-state index contributed by atoms with van der Waals surface area (Å²) in [7, 11) is 1.71. The van der Waals surface area contributed by atoms with E-state index in [1.54, 1.807) is 19.5 Å². The highest BCUT2D eigenvalue weighted by Gasteiger charge is 2.16. The molecule has 0 fully saturated rings. The van der Waals surface area contributed by atoms with Gasteiger partial charge in [0, 0.05) is 25.6 Å². The van der Waals surface area contributed by atoms with Gasteiger partial charge < -0.3 is 14.8 Å². The molecule has 1 aromatic heterocycles. The number of rotatable bonds is 7. The molecule has 0 bridgehead atoms. The molecule has 5 heteroatoms. The van der Waals surface area contributed by atoms with Crippen molar-refractivity contribution >= 4 is 0 Å². The SMILES string of the molecule is COC(C)(C)CCOc1cnc(CNC(C)(C)C)cn1. The van der Waals surface area contributed by atoms with Crippen LogP contribution in [0.25, 0.3) is 0 Å². The van der Waals surface area contributed by atoms with Crippen LogP contribution in [0.15, 0.2) is 12.4 Å². The Morgan fingerprint density at radius 1 is 1.10 bits per heavy atom. The Labute approximate surface area is 122 Å². The first-order chi connectivity index (χ1) is 9.22. The van der Waals surface area contributed by atoms with Crippen LogP contribution in [0.2, 0.25) is 0 Å². The molecule has 0 saturated carbocycles. The molecule has 0 saturated heterocycles. The zero-order valence-corrected chi connectivity index (χ0v) is 13.5. The number of aromatic nitrogens is 2. The lowest BCUT2D eigenvalue weighted by atomic mass is 10.1. The van der Waals surface area contributed by atoms with E-state index in [0.29, 0.717) is 19.0 Å². The molecule has 0 spiro atoms. The second-order valence-corrected chi connectivity index (χ2v) is 6.51. The molecule has 0 atom stereocenters.